The molecule has 0 fully saturated rings. The van der Waals surface area contributed by atoms with Gasteiger partial charge in [-0.2, -0.15) is 0 Å². The van der Waals surface area contributed by atoms with Crippen LogP contribution in [0.25, 0.3) is 10.2 Å². The lowest BCUT2D eigenvalue weighted by molar-refractivity contribution is 0.0949. The predicted octanol–water partition coefficient (Wildman–Crippen LogP) is 1.91. The summed E-state index contributed by atoms with van der Waals surface area (Å²) in [7, 11) is 0. The van der Waals surface area contributed by atoms with Crippen molar-refractivity contribution >= 4 is 27.5 Å². The highest BCUT2D eigenvalue weighted by Gasteiger charge is 2.10. The van der Waals surface area contributed by atoms with Gasteiger partial charge < -0.3 is 10.3 Å². The van der Waals surface area contributed by atoms with E-state index >= 15 is 0 Å². The number of aromatic amines is 1. The topological polar surface area (TPSA) is 74.8 Å². The SMILES string of the molecule is O=C(NCc1nc2ccccc2s1)c1ccc[nH]c1=O. The molecule has 0 saturated heterocycles. The second kappa shape index (κ2) is 5.26. The smallest absolute Gasteiger partial charge is 0.260 e. The molecule has 20 heavy (non-hydrogen) atoms. The number of hydrogen-bond donors (Lipinski definition) is 2. The molecule has 0 bridgehead atoms. The first kappa shape index (κ1) is 12.6. The largest absolute Gasteiger partial charge is 0.345 e. The Morgan fingerprint density at radius 3 is 2.90 bits per heavy atom. The summed E-state index contributed by atoms with van der Waals surface area (Å²) in [5.41, 5.74) is 0.627. The van der Waals surface area contributed by atoms with Gasteiger partial charge in [0.05, 0.1) is 16.8 Å². The molecule has 3 rings (SSSR count). The molecule has 0 unspecified atom stereocenters. The number of carbonyl (C=O) groups is 1. The Labute approximate surface area is 118 Å². The molecule has 100 valence electrons. The van der Waals surface area contributed by atoms with Crippen molar-refractivity contribution < 1.29 is 4.79 Å². The summed E-state index contributed by atoms with van der Waals surface area (Å²) >= 11 is 1.53. The number of benzene rings is 1. The Morgan fingerprint density at radius 1 is 1.25 bits per heavy atom. The molecule has 0 aliphatic rings. The van der Waals surface area contributed by atoms with Crippen LogP contribution in [0, 0.1) is 0 Å². The zero-order chi connectivity index (χ0) is 13.9. The highest BCUT2D eigenvalue weighted by atomic mass is 32.1. The molecule has 2 heterocycles. The number of nitrogens with zero attached hydrogens (tertiary/aromatic N) is 1. The number of nitrogens with one attached hydrogen (secondary N) is 2. The number of pyridine rings is 1. The number of rotatable bonds is 3. The van der Waals surface area contributed by atoms with E-state index in [0.29, 0.717) is 6.54 Å². The van der Waals surface area contributed by atoms with Crippen LogP contribution in [0.1, 0.15) is 15.4 Å². The Balaban J connectivity index is 1.75. The van der Waals surface area contributed by atoms with E-state index in [1.807, 2.05) is 24.3 Å². The first-order chi connectivity index (χ1) is 9.74. The quantitative estimate of drug-likeness (QED) is 0.772. The Kier molecular flexibility index (Phi) is 3.30. The average Bonchev–Trinajstić information content (AvgIpc) is 2.88. The number of amides is 1. The van der Waals surface area contributed by atoms with Gasteiger partial charge in [0, 0.05) is 6.20 Å². The average molecular weight is 285 g/mol. The van der Waals surface area contributed by atoms with Gasteiger partial charge in [-0.1, -0.05) is 12.1 Å². The number of thiazole rings is 1. The molecule has 3 aromatic rings. The van der Waals surface area contributed by atoms with Crippen molar-refractivity contribution in [3.8, 4) is 0 Å². The molecule has 0 atom stereocenters. The molecule has 1 aromatic carbocycles. The highest BCUT2D eigenvalue weighted by molar-refractivity contribution is 7.18. The third-order valence-electron chi connectivity index (χ3n) is 2.80. The van der Waals surface area contributed by atoms with E-state index < -0.39 is 11.5 Å². The maximum Gasteiger partial charge on any atom is 0.260 e. The van der Waals surface area contributed by atoms with Crippen LogP contribution in [0.2, 0.25) is 0 Å². The van der Waals surface area contributed by atoms with Crippen LogP contribution < -0.4 is 10.9 Å². The maximum absolute atomic E-state index is 11.9. The number of fused-ring (bicyclic) bond motifs is 1. The number of hydrogen-bond acceptors (Lipinski definition) is 4. The van der Waals surface area contributed by atoms with E-state index in [4.69, 9.17) is 0 Å². The monoisotopic (exact) mass is 285 g/mol. The number of para-hydroxylation sites is 1. The maximum atomic E-state index is 11.9. The van der Waals surface area contributed by atoms with Crippen molar-refractivity contribution in [2.45, 2.75) is 6.54 Å². The Hall–Kier alpha value is -2.47. The minimum atomic E-state index is -0.397. The molecule has 0 radical (unpaired) electrons. The van der Waals surface area contributed by atoms with Crippen molar-refractivity contribution in [2.24, 2.45) is 0 Å². The molecule has 0 aliphatic heterocycles. The van der Waals surface area contributed by atoms with E-state index in [1.54, 1.807) is 6.07 Å². The fourth-order valence-corrected chi connectivity index (χ4v) is 2.75. The normalized spacial score (nSPS) is 10.6. The Morgan fingerprint density at radius 2 is 2.10 bits per heavy atom. The summed E-state index contributed by atoms with van der Waals surface area (Å²) in [6, 6.07) is 10.9. The molecule has 2 aromatic heterocycles. The van der Waals surface area contributed by atoms with Gasteiger partial charge >= 0.3 is 0 Å². The van der Waals surface area contributed by atoms with E-state index in [-0.39, 0.29) is 5.56 Å². The van der Waals surface area contributed by atoms with Crippen LogP contribution in [-0.2, 0) is 6.54 Å². The van der Waals surface area contributed by atoms with Crippen LogP contribution >= 0.6 is 11.3 Å². The summed E-state index contributed by atoms with van der Waals surface area (Å²) in [5.74, 6) is -0.397. The van der Waals surface area contributed by atoms with Gasteiger partial charge in [0.25, 0.3) is 11.5 Å². The van der Waals surface area contributed by atoms with Gasteiger partial charge in [-0.25, -0.2) is 4.98 Å². The van der Waals surface area contributed by atoms with Crippen LogP contribution in [-0.4, -0.2) is 15.9 Å². The second-order valence-corrected chi connectivity index (χ2v) is 5.29. The number of H-pyrrole nitrogens is 1. The standard InChI is InChI=1S/C14H11N3O2S/c18-13-9(4-3-7-15-13)14(19)16-8-12-17-10-5-1-2-6-11(10)20-12/h1-7H,8H2,(H,15,18)(H,16,19). The van der Waals surface area contributed by atoms with Crippen LogP contribution in [0.15, 0.2) is 47.4 Å². The fraction of sp³-hybridized carbons (Fsp3) is 0.0714. The molecule has 0 aliphatic carbocycles. The molecule has 1 amide bonds. The van der Waals surface area contributed by atoms with Gasteiger partial charge in [-0.15, -0.1) is 11.3 Å². The summed E-state index contributed by atoms with van der Waals surface area (Å²) < 4.78 is 1.08. The fourth-order valence-electron chi connectivity index (χ4n) is 1.85. The third kappa shape index (κ3) is 2.46. The van der Waals surface area contributed by atoms with Crippen molar-refractivity contribution in [3.63, 3.8) is 0 Å². The molecular weight excluding hydrogens is 274 g/mol. The first-order valence-corrected chi connectivity index (χ1v) is 6.86. The zero-order valence-corrected chi connectivity index (χ0v) is 11.2. The van der Waals surface area contributed by atoms with E-state index in [1.165, 1.54) is 23.6 Å². The molecular formula is C14H11N3O2S. The van der Waals surface area contributed by atoms with Crippen LogP contribution in [0.4, 0.5) is 0 Å². The predicted molar refractivity (Wildman–Crippen MR) is 77.9 cm³/mol. The molecule has 2 N–H and O–H groups in total. The lowest BCUT2D eigenvalue weighted by atomic mass is 10.2. The first-order valence-electron chi connectivity index (χ1n) is 6.04. The summed E-state index contributed by atoms with van der Waals surface area (Å²) in [6.45, 7) is 0.312. The van der Waals surface area contributed by atoms with Gasteiger partial charge in [0.15, 0.2) is 0 Å². The Bertz CT molecular complexity index is 789. The van der Waals surface area contributed by atoms with Crippen molar-refractivity contribution in [2.75, 3.05) is 0 Å². The van der Waals surface area contributed by atoms with Gasteiger partial charge in [0.1, 0.15) is 10.6 Å². The molecule has 6 heteroatoms. The number of aromatic nitrogens is 2. The second-order valence-electron chi connectivity index (χ2n) is 4.17. The lowest BCUT2D eigenvalue weighted by Gasteiger charge is -2.01. The summed E-state index contributed by atoms with van der Waals surface area (Å²) in [6.07, 6.45) is 1.49. The highest BCUT2D eigenvalue weighted by Crippen LogP contribution is 2.21. The summed E-state index contributed by atoms with van der Waals surface area (Å²) in [4.78, 5) is 30.3. The van der Waals surface area contributed by atoms with Gasteiger partial charge in [-0.3, -0.25) is 9.59 Å². The van der Waals surface area contributed by atoms with Gasteiger partial charge in [0.2, 0.25) is 0 Å². The summed E-state index contributed by atoms with van der Waals surface area (Å²) in [5, 5.41) is 3.52. The lowest BCUT2D eigenvalue weighted by Crippen LogP contribution is -2.28. The van der Waals surface area contributed by atoms with Crippen molar-refractivity contribution in [1.29, 1.82) is 0 Å². The van der Waals surface area contributed by atoms with E-state index in [2.05, 4.69) is 15.3 Å². The molecule has 0 saturated carbocycles. The van der Waals surface area contributed by atoms with E-state index in [9.17, 15) is 9.59 Å². The number of carbonyl (C=O) groups excluding carboxylic acids is 1. The van der Waals surface area contributed by atoms with Crippen LogP contribution in [0.3, 0.4) is 0 Å². The molecule has 0 spiro atoms. The minimum Gasteiger partial charge on any atom is -0.345 e. The van der Waals surface area contributed by atoms with Crippen molar-refractivity contribution in [3.05, 3.63) is 63.5 Å². The molecule has 5 nitrogen and oxygen atoms in total. The van der Waals surface area contributed by atoms with Gasteiger partial charge in [-0.05, 0) is 24.3 Å². The van der Waals surface area contributed by atoms with Crippen LogP contribution in [0.5, 0.6) is 0 Å². The zero-order valence-electron chi connectivity index (χ0n) is 10.4. The van der Waals surface area contributed by atoms with Crippen molar-refractivity contribution in [1.82, 2.24) is 15.3 Å². The van der Waals surface area contributed by atoms with E-state index in [0.717, 1.165) is 15.2 Å². The minimum absolute atomic E-state index is 0.105. The third-order valence-corrected chi connectivity index (χ3v) is 3.84.